The van der Waals surface area contributed by atoms with Crippen molar-refractivity contribution in [2.75, 3.05) is 39.6 Å². The molecule has 0 radical (unpaired) electrons. The van der Waals surface area contributed by atoms with Gasteiger partial charge >= 0.3 is 20.5 Å². The van der Waals surface area contributed by atoms with Crippen molar-refractivity contribution in [3.63, 3.8) is 0 Å². The Kier molecular flexibility index (Phi) is 12.0. The summed E-state index contributed by atoms with van der Waals surface area (Å²) < 4.78 is 18.8. The molecule has 5 N–H and O–H groups in total. The fourth-order valence-corrected chi connectivity index (χ4v) is 2.25. The molecule has 0 aromatic carbocycles. The Morgan fingerprint density at radius 2 is 1.19 bits per heavy atom. The van der Waals surface area contributed by atoms with E-state index in [4.69, 9.17) is 19.7 Å². The molecule has 0 amide bonds. The van der Waals surface area contributed by atoms with Gasteiger partial charge in [0.25, 0.3) is 0 Å². The minimum atomic E-state index is -3.16. The van der Waals surface area contributed by atoms with Crippen LogP contribution in [0.1, 0.15) is 26.7 Å². The van der Waals surface area contributed by atoms with Crippen molar-refractivity contribution in [1.82, 2.24) is 0 Å². The summed E-state index contributed by atoms with van der Waals surface area (Å²) in [4.78, 5) is 33.3. The number of ether oxygens (including phenoxy) is 2. The van der Waals surface area contributed by atoms with Gasteiger partial charge in [-0.05, 0) is 13.8 Å². The average molecular weight is 402 g/mol. The van der Waals surface area contributed by atoms with Crippen molar-refractivity contribution < 1.29 is 53.4 Å². The zero-order valence-corrected chi connectivity index (χ0v) is 15.7. The molecule has 26 heavy (non-hydrogen) atoms. The van der Waals surface area contributed by atoms with Crippen LogP contribution < -0.4 is 0 Å². The van der Waals surface area contributed by atoms with E-state index in [2.05, 4.69) is 9.05 Å². The van der Waals surface area contributed by atoms with Crippen LogP contribution in [0.5, 0.6) is 0 Å². The highest BCUT2D eigenvalue weighted by Gasteiger charge is 2.42. The maximum atomic E-state index is 11.9. The van der Waals surface area contributed by atoms with E-state index < -0.39 is 45.0 Å². The molecule has 0 aliphatic rings. The Hall–Kier alpha value is -0.910. The first-order valence-corrected chi connectivity index (χ1v) is 9.07. The first kappa shape index (κ1) is 25.1. The normalized spacial score (nSPS) is 17.0. The third-order valence-corrected chi connectivity index (χ3v) is 3.98. The van der Waals surface area contributed by atoms with Gasteiger partial charge in [0.15, 0.2) is 11.2 Å². The second kappa shape index (κ2) is 12.5. The molecule has 154 valence electrons. The summed E-state index contributed by atoms with van der Waals surface area (Å²) >= 11 is 0. The van der Waals surface area contributed by atoms with E-state index in [9.17, 15) is 24.7 Å². The lowest BCUT2D eigenvalue weighted by molar-refractivity contribution is -0.167. The molecule has 0 spiro atoms. The molecule has 0 aromatic heterocycles. The molecule has 0 rings (SSSR count). The van der Waals surface area contributed by atoms with Gasteiger partial charge in [-0.1, -0.05) is 0 Å². The Morgan fingerprint density at radius 3 is 1.46 bits per heavy atom. The summed E-state index contributed by atoms with van der Waals surface area (Å²) in [5, 5.41) is 38.3. The molecule has 0 fully saturated rings. The van der Waals surface area contributed by atoms with Gasteiger partial charge in [0.1, 0.15) is 0 Å². The third kappa shape index (κ3) is 8.19. The molecule has 0 bridgehead atoms. The molecule has 2 atom stereocenters. The summed E-state index contributed by atoms with van der Waals surface area (Å²) in [6.45, 7) is 1.88. The van der Waals surface area contributed by atoms with Gasteiger partial charge < -0.3 is 43.8 Å². The van der Waals surface area contributed by atoms with Crippen molar-refractivity contribution in [2.24, 2.45) is 0 Å². The van der Waals surface area contributed by atoms with E-state index in [0.717, 1.165) is 0 Å². The van der Waals surface area contributed by atoms with Gasteiger partial charge in [0.05, 0.1) is 13.2 Å². The fourth-order valence-electron chi connectivity index (χ4n) is 1.59. The minimum Gasteiger partial charge on any atom is -0.393 e. The number of aliphatic hydroxyl groups excluding tert-OH is 2. The molecular formula is C14H27O11P. The van der Waals surface area contributed by atoms with Crippen LogP contribution in [0.4, 0.5) is 0 Å². The number of carbonyl (C=O) groups is 2. The average Bonchev–Trinajstić information content (AvgIpc) is 2.61. The summed E-state index contributed by atoms with van der Waals surface area (Å²) in [5.41, 5.74) is -4.71. The predicted octanol–water partition coefficient (Wildman–Crippen LogP) is -1.41. The van der Waals surface area contributed by atoms with Gasteiger partial charge in [-0.2, -0.15) is 0 Å². The van der Waals surface area contributed by atoms with Crippen LogP contribution >= 0.6 is 8.60 Å². The number of aliphatic hydroxyl groups is 4. The van der Waals surface area contributed by atoms with Crippen LogP contribution in [0.2, 0.25) is 0 Å². The van der Waals surface area contributed by atoms with E-state index in [1.54, 1.807) is 13.8 Å². The molecule has 0 aliphatic carbocycles. The number of carbonyl (C=O) groups excluding carboxylic acids is 2. The molecule has 11 nitrogen and oxygen atoms in total. The highest BCUT2D eigenvalue weighted by atomic mass is 31.2. The van der Waals surface area contributed by atoms with Crippen LogP contribution in [0.15, 0.2) is 0 Å². The second-order valence-corrected chi connectivity index (χ2v) is 6.11. The van der Waals surface area contributed by atoms with E-state index in [-0.39, 0.29) is 26.1 Å². The van der Waals surface area contributed by atoms with Crippen molar-refractivity contribution in [3.8, 4) is 0 Å². The highest BCUT2D eigenvalue weighted by Crippen LogP contribution is 2.37. The molecule has 12 heteroatoms. The van der Waals surface area contributed by atoms with E-state index in [1.165, 1.54) is 0 Å². The zero-order valence-electron chi connectivity index (χ0n) is 14.8. The number of hydrogen-bond donors (Lipinski definition) is 5. The summed E-state index contributed by atoms with van der Waals surface area (Å²) in [6.07, 6.45) is -0.634. The Bertz CT molecular complexity index is 397. The Labute approximate surface area is 152 Å². The van der Waals surface area contributed by atoms with Crippen molar-refractivity contribution in [1.29, 1.82) is 0 Å². The molecule has 0 saturated carbocycles. The SMILES string of the molecule is CCOCCC(O)(CO)C(=O)OP(O)OC(=O)C(O)(CO)CCOCC. The Balaban J connectivity index is 4.71. The van der Waals surface area contributed by atoms with Gasteiger partial charge in [-0.15, -0.1) is 0 Å². The quantitative estimate of drug-likeness (QED) is 0.171. The highest BCUT2D eigenvalue weighted by molar-refractivity contribution is 7.41. The molecule has 0 aromatic rings. The lowest BCUT2D eigenvalue weighted by Crippen LogP contribution is -2.45. The number of hydrogen-bond acceptors (Lipinski definition) is 11. The standard InChI is InChI=1S/C14H27O11P/c1-3-22-7-5-13(19,9-15)11(17)24-26(21)25-12(18)14(20,10-16)6-8-23-4-2/h15-16,19-21H,3-10H2,1-2H3. The van der Waals surface area contributed by atoms with Gasteiger partial charge in [-0.25, -0.2) is 9.59 Å². The summed E-state index contributed by atoms with van der Waals surface area (Å²) in [5.74, 6) is -2.86. The van der Waals surface area contributed by atoms with Crippen molar-refractivity contribution >= 4 is 20.5 Å². The zero-order chi connectivity index (χ0) is 20.2. The van der Waals surface area contributed by atoms with Gasteiger partial charge in [-0.3, -0.25) is 0 Å². The van der Waals surface area contributed by atoms with Crippen LogP contribution in [0, 0.1) is 0 Å². The fraction of sp³-hybridized carbons (Fsp3) is 0.857. The molecule has 0 heterocycles. The van der Waals surface area contributed by atoms with E-state index in [0.29, 0.717) is 13.2 Å². The monoisotopic (exact) mass is 402 g/mol. The van der Waals surface area contributed by atoms with Crippen molar-refractivity contribution in [2.45, 2.75) is 37.9 Å². The first-order valence-electron chi connectivity index (χ1n) is 7.94. The summed E-state index contributed by atoms with van der Waals surface area (Å²) in [6, 6.07) is 0. The van der Waals surface area contributed by atoms with Crippen LogP contribution in [0.3, 0.4) is 0 Å². The smallest absolute Gasteiger partial charge is 0.393 e. The number of rotatable bonds is 14. The van der Waals surface area contributed by atoms with Crippen LogP contribution in [0.25, 0.3) is 0 Å². The molecule has 2 unspecified atom stereocenters. The van der Waals surface area contributed by atoms with Crippen molar-refractivity contribution in [3.05, 3.63) is 0 Å². The maximum Gasteiger partial charge on any atom is 0.464 e. The summed E-state index contributed by atoms with van der Waals surface area (Å²) in [7, 11) is -3.16. The predicted molar refractivity (Wildman–Crippen MR) is 87.6 cm³/mol. The van der Waals surface area contributed by atoms with Gasteiger partial charge in [0, 0.05) is 39.3 Å². The van der Waals surface area contributed by atoms with Crippen LogP contribution in [-0.4, -0.2) is 88.1 Å². The maximum absolute atomic E-state index is 11.9. The Morgan fingerprint density at radius 1 is 0.846 bits per heavy atom. The molecular weight excluding hydrogens is 375 g/mol. The van der Waals surface area contributed by atoms with E-state index in [1.807, 2.05) is 0 Å². The molecule has 0 saturated heterocycles. The van der Waals surface area contributed by atoms with Gasteiger partial charge in [0.2, 0.25) is 0 Å². The molecule has 0 aliphatic heterocycles. The van der Waals surface area contributed by atoms with Crippen LogP contribution in [-0.2, 0) is 28.1 Å². The minimum absolute atomic E-state index is 0.0620. The lowest BCUT2D eigenvalue weighted by atomic mass is 10.0. The topological polar surface area (TPSA) is 172 Å². The largest absolute Gasteiger partial charge is 0.464 e. The lowest BCUT2D eigenvalue weighted by Gasteiger charge is -2.26. The first-order chi connectivity index (χ1) is 12.2. The van der Waals surface area contributed by atoms with E-state index >= 15 is 0 Å². The third-order valence-electron chi connectivity index (χ3n) is 3.33. The second-order valence-electron chi connectivity index (χ2n) is 5.27.